The molecule has 2 saturated heterocycles. The van der Waals surface area contributed by atoms with Crippen molar-refractivity contribution in [1.29, 1.82) is 0 Å². The van der Waals surface area contributed by atoms with Crippen LogP contribution in [0.4, 0.5) is 8.78 Å². The molecule has 1 aromatic heterocycles. The van der Waals surface area contributed by atoms with Crippen molar-refractivity contribution in [2.24, 2.45) is 0 Å². The van der Waals surface area contributed by atoms with E-state index in [1.165, 1.54) is 13.0 Å². The van der Waals surface area contributed by atoms with E-state index in [1.807, 2.05) is 6.92 Å². The molecule has 1 aromatic rings. The normalized spacial score (nSPS) is 36.6. The summed E-state index contributed by atoms with van der Waals surface area (Å²) in [7, 11) is 0. The zero-order valence-electron chi connectivity index (χ0n) is 13.5. The smallest absolute Gasteiger partial charge is 0.278 e. The number of alkyl halides is 1. The van der Waals surface area contributed by atoms with E-state index in [1.54, 1.807) is 6.92 Å². The molecule has 0 spiro atoms. The maximum Gasteiger partial charge on any atom is 0.278 e. The van der Waals surface area contributed by atoms with Crippen molar-refractivity contribution < 1.29 is 32.1 Å². The predicted octanol–water partition coefficient (Wildman–Crippen LogP) is 3.24. The second-order valence-corrected chi connectivity index (χ2v) is 6.23. The van der Waals surface area contributed by atoms with Crippen LogP contribution in [0.15, 0.2) is 10.5 Å². The topological polar surface area (TPSA) is 50.1 Å². The highest BCUT2D eigenvalue weighted by Gasteiger charge is 2.56. The minimum Gasteiger partial charge on any atom is -0.433 e. The van der Waals surface area contributed by atoms with E-state index in [0.29, 0.717) is 11.3 Å². The van der Waals surface area contributed by atoms with Gasteiger partial charge in [-0.1, -0.05) is 13.3 Å². The first-order chi connectivity index (χ1) is 11.0. The Bertz CT molecular complexity index is 549. The highest BCUT2D eigenvalue weighted by molar-refractivity contribution is 5.14. The third-order valence-electron chi connectivity index (χ3n) is 4.23. The SMILES string of the molecule is CCC[C@H]1O[C@@H]2OC(C)(CF)O[C@@H]2[C@H]1OCc1oc(F)cc1C. The van der Waals surface area contributed by atoms with Crippen LogP contribution in [-0.2, 0) is 25.6 Å². The highest BCUT2D eigenvalue weighted by Crippen LogP contribution is 2.40. The van der Waals surface area contributed by atoms with E-state index in [2.05, 4.69) is 0 Å². The molecule has 130 valence electrons. The summed E-state index contributed by atoms with van der Waals surface area (Å²) < 4.78 is 54.1. The fourth-order valence-corrected chi connectivity index (χ4v) is 3.05. The summed E-state index contributed by atoms with van der Waals surface area (Å²) in [6.07, 6.45) is -0.111. The number of rotatable bonds is 6. The number of hydrogen-bond acceptors (Lipinski definition) is 5. The van der Waals surface area contributed by atoms with Crippen LogP contribution in [0.25, 0.3) is 0 Å². The van der Waals surface area contributed by atoms with Crippen molar-refractivity contribution in [3.63, 3.8) is 0 Å². The third kappa shape index (κ3) is 3.28. The van der Waals surface area contributed by atoms with Gasteiger partial charge in [0, 0.05) is 6.07 Å². The molecule has 0 radical (unpaired) electrons. The monoisotopic (exact) mass is 332 g/mol. The van der Waals surface area contributed by atoms with Crippen LogP contribution in [-0.4, -0.2) is 37.1 Å². The van der Waals surface area contributed by atoms with Gasteiger partial charge >= 0.3 is 0 Å². The molecule has 0 bridgehead atoms. The van der Waals surface area contributed by atoms with E-state index in [9.17, 15) is 8.78 Å². The molecule has 0 amide bonds. The summed E-state index contributed by atoms with van der Waals surface area (Å²) >= 11 is 0. The Labute approximate surface area is 133 Å². The van der Waals surface area contributed by atoms with E-state index in [0.717, 1.165) is 12.8 Å². The van der Waals surface area contributed by atoms with Crippen molar-refractivity contribution in [1.82, 2.24) is 0 Å². The lowest BCUT2D eigenvalue weighted by atomic mass is 10.1. The first-order valence-electron chi connectivity index (χ1n) is 7.89. The number of hydrogen-bond donors (Lipinski definition) is 0. The van der Waals surface area contributed by atoms with Gasteiger partial charge in [0.15, 0.2) is 12.1 Å². The van der Waals surface area contributed by atoms with Crippen LogP contribution in [0.3, 0.4) is 0 Å². The second-order valence-electron chi connectivity index (χ2n) is 6.23. The van der Waals surface area contributed by atoms with Gasteiger partial charge in [-0.3, -0.25) is 0 Å². The Balaban J connectivity index is 1.70. The van der Waals surface area contributed by atoms with Crippen molar-refractivity contribution in [3.8, 4) is 0 Å². The Morgan fingerprint density at radius 2 is 2.13 bits per heavy atom. The van der Waals surface area contributed by atoms with Gasteiger partial charge in [-0.05, 0) is 25.8 Å². The molecule has 0 aliphatic carbocycles. The summed E-state index contributed by atoms with van der Waals surface area (Å²) in [6, 6.07) is 0.670. The van der Waals surface area contributed by atoms with Gasteiger partial charge in [-0.25, -0.2) is 4.39 Å². The lowest BCUT2D eigenvalue weighted by Crippen LogP contribution is -2.38. The van der Waals surface area contributed by atoms with Gasteiger partial charge in [-0.2, -0.15) is 4.39 Å². The summed E-state index contributed by atoms with van der Waals surface area (Å²) in [5.74, 6) is -0.880. The molecule has 7 heteroatoms. The number of ether oxygens (including phenoxy) is 4. The number of aryl methyl sites for hydroxylation is 1. The number of furan rings is 1. The molecule has 1 unspecified atom stereocenters. The Hall–Kier alpha value is -1.02. The number of fused-ring (bicyclic) bond motifs is 1. The Morgan fingerprint density at radius 3 is 2.74 bits per heavy atom. The van der Waals surface area contributed by atoms with E-state index in [4.69, 9.17) is 23.4 Å². The second kappa shape index (κ2) is 6.47. The van der Waals surface area contributed by atoms with Crippen molar-refractivity contribution in [2.45, 2.75) is 70.6 Å². The molecule has 23 heavy (non-hydrogen) atoms. The molecule has 2 fully saturated rings. The van der Waals surface area contributed by atoms with Crippen molar-refractivity contribution >= 4 is 0 Å². The molecule has 2 aliphatic rings. The fourth-order valence-electron chi connectivity index (χ4n) is 3.05. The molecule has 3 rings (SSSR count). The summed E-state index contributed by atoms with van der Waals surface area (Å²) in [6.45, 7) is 4.65. The molecule has 2 aliphatic heterocycles. The first-order valence-corrected chi connectivity index (χ1v) is 7.89. The molecule has 0 saturated carbocycles. The first kappa shape index (κ1) is 16.8. The van der Waals surface area contributed by atoms with Crippen LogP contribution >= 0.6 is 0 Å². The third-order valence-corrected chi connectivity index (χ3v) is 4.23. The van der Waals surface area contributed by atoms with Gasteiger partial charge in [0.1, 0.15) is 31.2 Å². The van der Waals surface area contributed by atoms with Gasteiger partial charge in [0.25, 0.3) is 6.01 Å². The fraction of sp³-hybridized carbons (Fsp3) is 0.750. The Kier molecular flexibility index (Phi) is 4.73. The number of halogens is 2. The van der Waals surface area contributed by atoms with Crippen molar-refractivity contribution in [3.05, 3.63) is 23.4 Å². The minimum atomic E-state index is -1.30. The average Bonchev–Trinajstić information content (AvgIpc) is 3.09. The molecular weight excluding hydrogens is 310 g/mol. The van der Waals surface area contributed by atoms with Gasteiger partial charge in [-0.15, -0.1) is 0 Å². The minimum absolute atomic E-state index is 0.100. The van der Waals surface area contributed by atoms with Crippen LogP contribution in [0.2, 0.25) is 0 Å². The highest BCUT2D eigenvalue weighted by atomic mass is 19.1. The lowest BCUT2D eigenvalue weighted by Gasteiger charge is -2.26. The van der Waals surface area contributed by atoms with E-state index in [-0.39, 0.29) is 12.7 Å². The molecule has 5 atom stereocenters. The summed E-state index contributed by atoms with van der Waals surface area (Å²) in [5, 5.41) is 0. The molecule has 0 N–H and O–H groups in total. The molecular formula is C16H22F2O5. The molecule has 0 aromatic carbocycles. The zero-order chi connectivity index (χ0) is 16.6. The zero-order valence-corrected chi connectivity index (χ0v) is 13.5. The van der Waals surface area contributed by atoms with Crippen molar-refractivity contribution in [2.75, 3.05) is 6.67 Å². The van der Waals surface area contributed by atoms with Crippen LogP contribution in [0, 0.1) is 12.9 Å². The maximum absolute atomic E-state index is 13.1. The quantitative estimate of drug-likeness (QED) is 0.800. The Morgan fingerprint density at radius 1 is 1.35 bits per heavy atom. The predicted molar refractivity (Wildman–Crippen MR) is 75.9 cm³/mol. The van der Waals surface area contributed by atoms with E-state index < -0.39 is 37.0 Å². The summed E-state index contributed by atoms with van der Waals surface area (Å²) in [4.78, 5) is 0. The summed E-state index contributed by atoms with van der Waals surface area (Å²) in [5.41, 5.74) is 0.683. The van der Waals surface area contributed by atoms with Gasteiger partial charge in [0.2, 0.25) is 0 Å². The van der Waals surface area contributed by atoms with Gasteiger partial charge < -0.3 is 23.4 Å². The largest absolute Gasteiger partial charge is 0.433 e. The molecule has 3 heterocycles. The molecule has 5 nitrogen and oxygen atoms in total. The van der Waals surface area contributed by atoms with Crippen LogP contribution in [0.1, 0.15) is 38.0 Å². The standard InChI is InChI=1S/C16H22F2O5/c1-4-5-10-13(19-7-11-9(2)6-12(18)20-11)14-15(21-10)23-16(3,8-17)22-14/h6,10,13-15H,4-5,7-8H2,1-3H3/t10-,13+,14-,15-,16?/m1/s1. The van der Waals surface area contributed by atoms with Gasteiger partial charge in [0.05, 0.1) is 6.10 Å². The maximum atomic E-state index is 13.1. The van der Waals surface area contributed by atoms with Crippen LogP contribution in [0.5, 0.6) is 0 Å². The van der Waals surface area contributed by atoms with E-state index >= 15 is 0 Å². The lowest BCUT2D eigenvalue weighted by molar-refractivity contribution is -0.234. The van der Waals surface area contributed by atoms with Crippen LogP contribution < -0.4 is 0 Å². The average molecular weight is 332 g/mol.